The van der Waals surface area contributed by atoms with Gasteiger partial charge in [0.05, 0.1) is 4.90 Å². The first kappa shape index (κ1) is 21.9. The second-order valence-corrected chi connectivity index (χ2v) is 11.7. The molecule has 1 aliphatic rings. The van der Waals surface area contributed by atoms with E-state index in [4.69, 9.17) is 0 Å². The van der Waals surface area contributed by atoms with E-state index in [0.717, 1.165) is 5.56 Å². The van der Waals surface area contributed by atoms with Gasteiger partial charge in [0.25, 0.3) is 0 Å². The molecule has 1 atom stereocenters. The van der Waals surface area contributed by atoms with Crippen LogP contribution in [0.15, 0.2) is 29.2 Å². The first-order valence-electron chi connectivity index (χ1n) is 9.62. The van der Waals surface area contributed by atoms with Crippen molar-refractivity contribution in [3.8, 4) is 0 Å². The summed E-state index contributed by atoms with van der Waals surface area (Å²) in [5, 5.41) is 0. The lowest BCUT2D eigenvalue weighted by Crippen LogP contribution is -2.55. The molecule has 1 unspecified atom stereocenters. The van der Waals surface area contributed by atoms with Gasteiger partial charge in [-0.3, -0.25) is 4.79 Å². The highest BCUT2D eigenvalue weighted by molar-refractivity contribution is 7.89. The van der Waals surface area contributed by atoms with Crippen LogP contribution in [0.4, 0.5) is 0 Å². The molecule has 1 amide bonds. The molecule has 0 radical (unpaired) electrons. The predicted molar refractivity (Wildman–Crippen MR) is 109 cm³/mol. The van der Waals surface area contributed by atoms with Crippen LogP contribution in [0.1, 0.15) is 60.5 Å². The van der Waals surface area contributed by atoms with Crippen molar-refractivity contribution in [3.05, 3.63) is 29.8 Å². The standard InChI is InChI=1S/C21H34N2O3S/c1-16-15-22(19(24)14-20(2,3)4)12-13-23(16)27(25,26)18-10-8-17(9-11-18)21(5,6)7/h8-11,16H,12-15H2,1-7H3. The summed E-state index contributed by atoms with van der Waals surface area (Å²) < 4.78 is 27.7. The van der Waals surface area contributed by atoms with Gasteiger partial charge in [0.1, 0.15) is 0 Å². The zero-order chi connectivity index (χ0) is 20.6. The van der Waals surface area contributed by atoms with E-state index in [1.54, 1.807) is 17.0 Å². The first-order valence-corrected chi connectivity index (χ1v) is 11.1. The highest BCUT2D eigenvalue weighted by Gasteiger charge is 2.35. The minimum atomic E-state index is -3.56. The second-order valence-electron chi connectivity index (χ2n) is 9.82. The fraction of sp³-hybridized carbons (Fsp3) is 0.667. The molecule has 1 aromatic rings. The van der Waals surface area contributed by atoms with E-state index in [1.807, 2.05) is 39.8 Å². The van der Waals surface area contributed by atoms with Gasteiger partial charge >= 0.3 is 0 Å². The van der Waals surface area contributed by atoms with Crippen LogP contribution in [-0.2, 0) is 20.2 Å². The maximum atomic E-state index is 13.1. The van der Waals surface area contributed by atoms with Gasteiger partial charge in [-0.25, -0.2) is 8.42 Å². The van der Waals surface area contributed by atoms with Crippen LogP contribution in [-0.4, -0.2) is 49.2 Å². The average molecular weight is 395 g/mol. The number of carbonyl (C=O) groups is 1. The van der Waals surface area contributed by atoms with Gasteiger partial charge in [-0.1, -0.05) is 53.7 Å². The number of piperazine rings is 1. The molecule has 0 saturated carbocycles. The molecule has 5 nitrogen and oxygen atoms in total. The van der Waals surface area contributed by atoms with Gasteiger partial charge in [-0.05, 0) is 35.4 Å². The maximum Gasteiger partial charge on any atom is 0.243 e. The zero-order valence-electron chi connectivity index (χ0n) is 17.7. The largest absolute Gasteiger partial charge is 0.340 e. The van der Waals surface area contributed by atoms with Gasteiger partial charge in [0, 0.05) is 32.1 Å². The molecule has 0 N–H and O–H groups in total. The topological polar surface area (TPSA) is 57.7 Å². The van der Waals surface area contributed by atoms with Crippen molar-refractivity contribution in [1.29, 1.82) is 0 Å². The van der Waals surface area contributed by atoms with Crippen molar-refractivity contribution in [2.75, 3.05) is 19.6 Å². The second kappa shape index (κ2) is 7.55. The Morgan fingerprint density at radius 2 is 1.59 bits per heavy atom. The Morgan fingerprint density at radius 3 is 2.04 bits per heavy atom. The minimum absolute atomic E-state index is 0.0192. The average Bonchev–Trinajstić information content (AvgIpc) is 2.52. The van der Waals surface area contributed by atoms with Crippen LogP contribution in [0.3, 0.4) is 0 Å². The zero-order valence-corrected chi connectivity index (χ0v) is 18.6. The molecule has 27 heavy (non-hydrogen) atoms. The van der Waals surface area contributed by atoms with E-state index < -0.39 is 10.0 Å². The molecule has 2 rings (SSSR count). The Bertz CT molecular complexity index is 771. The van der Waals surface area contributed by atoms with Crippen LogP contribution in [0.5, 0.6) is 0 Å². The molecule has 1 heterocycles. The smallest absolute Gasteiger partial charge is 0.243 e. The van der Waals surface area contributed by atoms with Crippen LogP contribution in [0, 0.1) is 5.41 Å². The van der Waals surface area contributed by atoms with Crippen LogP contribution in [0.25, 0.3) is 0 Å². The van der Waals surface area contributed by atoms with E-state index in [9.17, 15) is 13.2 Å². The Labute approximate surface area is 164 Å². The van der Waals surface area contributed by atoms with Gasteiger partial charge in [0.2, 0.25) is 15.9 Å². The van der Waals surface area contributed by atoms with Crippen molar-refractivity contribution in [3.63, 3.8) is 0 Å². The molecule has 1 fully saturated rings. The number of carbonyl (C=O) groups excluding carboxylic acids is 1. The van der Waals surface area contributed by atoms with E-state index in [-0.39, 0.29) is 22.8 Å². The molecular formula is C21H34N2O3S. The first-order chi connectivity index (χ1) is 12.2. The minimum Gasteiger partial charge on any atom is -0.340 e. The van der Waals surface area contributed by atoms with E-state index >= 15 is 0 Å². The summed E-state index contributed by atoms with van der Waals surface area (Å²) in [6, 6.07) is 6.93. The molecule has 1 saturated heterocycles. The number of amides is 1. The van der Waals surface area contributed by atoms with E-state index in [2.05, 4.69) is 20.8 Å². The fourth-order valence-electron chi connectivity index (χ4n) is 3.35. The summed E-state index contributed by atoms with van der Waals surface area (Å²) in [7, 11) is -3.56. The normalized spacial score (nSPS) is 20.0. The van der Waals surface area contributed by atoms with Gasteiger partial charge in [0.15, 0.2) is 0 Å². The van der Waals surface area contributed by atoms with Crippen molar-refractivity contribution < 1.29 is 13.2 Å². The quantitative estimate of drug-likeness (QED) is 0.786. The Hall–Kier alpha value is -1.40. The highest BCUT2D eigenvalue weighted by atomic mass is 32.2. The fourth-order valence-corrected chi connectivity index (χ4v) is 4.97. The molecule has 0 aliphatic carbocycles. The van der Waals surface area contributed by atoms with Gasteiger partial charge in [-0.15, -0.1) is 0 Å². The van der Waals surface area contributed by atoms with Crippen LogP contribution in [0.2, 0.25) is 0 Å². The lowest BCUT2D eigenvalue weighted by molar-refractivity contribution is -0.135. The van der Waals surface area contributed by atoms with Crippen LogP contribution < -0.4 is 0 Å². The number of benzene rings is 1. The summed E-state index contributed by atoms with van der Waals surface area (Å²) in [6.45, 7) is 15.5. The molecule has 6 heteroatoms. The highest BCUT2D eigenvalue weighted by Crippen LogP contribution is 2.27. The molecule has 0 spiro atoms. The maximum absolute atomic E-state index is 13.1. The SMILES string of the molecule is CC1CN(C(=O)CC(C)(C)C)CCN1S(=O)(=O)c1ccc(C(C)(C)C)cc1. The number of nitrogens with zero attached hydrogens (tertiary/aromatic N) is 2. The van der Waals surface area contributed by atoms with Gasteiger partial charge < -0.3 is 4.90 Å². The van der Waals surface area contributed by atoms with E-state index in [0.29, 0.717) is 31.0 Å². The monoisotopic (exact) mass is 394 g/mol. The van der Waals surface area contributed by atoms with Crippen molar-refractivity contribution >= 4 is 15.9 Å². The molecule has 0 aromatic heterocycles. The Morgan fingerprint density at radius 1 is 1.04 bits per heavy atom. The third kappa shape index (κ3) is 5.32. The Kier molecular flexibility index (Phi) is 6.12. The summed E-state index contributed by atoms with van der Waals surface area (Å²) >= 11 is 0. The summed E-state index contributed by atoms with van der Waals surface area (Å²) in [6.07, 6.45) is 0.473. The molecular weight excluding hydrogens is 360 g/mol. The lowest BCUT2D eigenvalue weighted by Gasteiger charge is -2.39. The molecule has 0 bridgehead atoms. The summed E-state index contributed by atoms with van der Waals surface area (Å²) in [4.78, 5) is 14.6. The lowest BCUT2D eigenvalue weighted by atomic mass is 9.87. The summed E-state index contributed by atoms with van der Waals surface area (Å²) in [5.74, 6) is 0.0981. The van der Waals surface area contributed by atoms with Crippen molar-refractivity contribution in [2.24, 2.45) is 5.41 Å². The molecule has 1 aliphatic heterocycles. The van der Waals surface area contributed by atoms with E-state index in [1.165, 1.54) is 4.31 Å². The molecule has 1 aromatic carbocycles. The van der Waals surface area contributed by atoms with Crippen molar-refractivity contribution in [2.45, 2.75) is 71.2 Å². The number of sulfonamides is 1. The van der Waals surface area contributed by atoms with Gasteiger partial charge in [-0.2, -0.15) is 4.31 Å². The third-order valence-electron chi connectivity index (χ3n) is 4.93. The predicted octanol–water partition coefficient (Wildman–Crippen LogP) is 3.64. The third-order valence-corrected chi connectivity index (χ3v) is 6.96. The molecule has 152 valence electrons. The number of hydrogen-bond donors (Lipinski definition) is 0. The Balaban J connectivity index is 2.13. The van der Waals surface area contributed by atoms with Crippen LogP contribution >= 0.6 is 0 Å². The summed E-state index contributed by atoms with van der Waals surface area (Å²) in [5.41, 5.74) is 1.01. The number of rotatable bonds is 3. The van der Waals surface area contributed by atoms with Crippen molar-refractivity contribution in [1.82, 2.24) is 9.21 Å². The number of hydrogen-bond acceptors (Lipinski definition) is 3.